The van der Waals surface area contributed by atoms with Gasteiger partial charge in [-0.1, -0.05) is 0 Å². The van der Waals surface area contributed by atoms with E-state index < -0.39 is 10.0 Å². The largest absolute Gasteiger partial charge is 0.359 e. The lowest BCUT2D eigenvalue weighted by atomic mass is 9.99. The number of carbonyl (C=O) groups is 1. The molecule has 0 aromatic carbocycles. The van der Waals surface area contributed by atoms with Gasteiger partial charge in [0.25, 0.3) is 0 Å². The van der Waals surface area contributed by atoms with Gasteiger partial charge >= 0.3 is 0 Å². The van der Waals surface area contributed by atoms with Crippen LogP contribution in [0, 0.1) is 5.92 Å². The minimum absolute atomic E-state index is 0.0561. The second-order valence-electron chi connectivity index (χ2n) is 4.97. The van der Waals surface area contributed by atoms with Crippen molar-refractivity contribution < 1.29 is 13.2 Å². The summed E-state index contributed by atoms with van der Waals surface area (Å²) in [5.41, 5.74) is 0. The van der Waals surface area contributed by atoms with Crippen molar-refractivity contribution in [2.45, 2.75) is 24.5 Å². The SMILES string of the molecule is CNC(=O)C1CCCN(S(=O)(=O)C2CCNC2)C1. The fourth-order valence-corrected chi connectivity index (χ4v) is 4.62. The van der Waals surface area contributed by atoms with Gasteiger partial charge in [0.15, 0.2) is 0 Å². The third-order valence-electron chi connectivity index (χ3n) is 3.80. The summed E-state index contributed by atoms with van der Waals surface area (Å²) in [6.07, 6.45) is 2.20. The van der Waals surface area contributed by atoms with Crippen LogP contribution in [0.5, 0.6) is 0 Å². The molecule has 2 rings (SSSR count). The predicted molar refractivity (Wildman–Crippen MR) is 68.6 cm³/mol. The van der Waals surface area contributed by atoms with Gasteiger partial charge in [-0.25, -0.2) is 12.7 Å². The summed E-state index contributed by atoms with van der Waals surface area (Å²) in [6.45, 7) is 2.17. The van der Waals surface area contributed by atoms with E-state index in [0.29, 0.717) is 26.1 Å². The van der Waals surface area contributed by atoms with Gasteiger partial charge in [-0.15, -0.1) is 0 Å². The minimum atomic E-state index is -3.25. The van der Waals surface area contributed by atoms with Gasteiger partial charge in [0.1, 0.15) is 0 Å². The van der Waals surface area contributed by atoms with Crippen LogP contribution in [0.15, 0.2) is 0 Å². The quantitative estimate of drug-likeness (QED) is 0.702. The Morgan fingerprint density at radius 1 is 1.39 bits per heavy atom. The summed E-state index contributed by atoms with van der Waals surface area (Å²) < 4.78 is 26.3. The predicted octanol–water partition coefficient (Wildman–Crippen LogP) is -0.864. The Hall–Kier alpha value is -0.660. The van der Waals surface area contributed by atoms with Crippen molar-refractivity contribution in [2.24, 2.45) is 5.92 Å². The number of carbonyl (C=O) groups excluding carboxylic acids is 1. The molecule has 18 heavy (non-hydrogen) atoms. The van der Waals surface area contributed by atoms with Gasteiger partial charge in [-0.2, -0.15) is 0 Å². The Labute approximate surface area is 108 Å². The van der Waals surface area contributed by atoms with E-state index in [2.05, 4.69) is 10.6 Å². The molecule has 0 radical (unpaired) electrons. The molecular formula is C11H21N3O3S. The number of nitrogens with one attached hydrogen (secondary N) is 2. The molecule has 2 N–H and O–H groups in total. The van der Waals surface area contributed by atoms with Gasteiger partial charge in [-0.3, -0.25) is 4.79 Å². The average Bonchev–Trinajstić information content (AvgIpc) is 2.92. The smallest absolute Gasteiger partial charge is 0.224 e. The molecule has 0 aromatic rings. The van der Waals surface area contributed by atoms with Crippen LogP contribution >= 0.6 is 0 Å². The van der Waals surface area contributed by atoms with Crippen LogP contribution in [-0.4, -0.2) is 57.1 Å². The van der Waals surface area contributed by atoms with E-state index in [9.17, 15) is 13.2 Å². The fraction of sp³-hybridized carbons (Fsp3) is 0.909. The highest BCUT2D eigenvalue weighted by molar-refractivity contribution is 7.89. The van der Waals surface area contributed by atoms with Crippen molar-refractivity contribution >= 4 is 15.9 Å². The summed E-state index contributed by atoms with van der Waals surface area (Å²) in [6, 6.07) is 0. The third-order valence-corrected chi connectivity index (χ3v) is 6.09. The lowest BCUT2D eigenvalue weighted by Crippen LogP contribution is -2.48. The van der Waals surface area contributed by atoms with Crippen molar-refractivity contribution in [2.75, 3.05) is 33.2 Å². The molecule has 2 aliphatic heterocycles. The molecule has 6 nitrogen and oxygen atoms in total. The number of rotatable bonds is 3. The third kappa shape index (κ3) is 2.67. The summed E-state index contributed by atoms with van der Waals surface area (Å²) >= 11 is 0. The zero-order valence-corrected chi connectivity index (χ0v) is 11.5. The Balaban J connectivity index is 2.06. The molecule has 2 saturated heterocycles. The van der Waals surface area contributed by atoms with E-state index in [0.717, 1.165) is 19.4 Å². The number of hydrogen-bond donors (Lipinski definition) is 2. The molecule has 0 spiro atoms. The number of amides is 1. The molecule has 2 fully saturated rings. The maximum Gasteiger partial charge on any atom is 0.224 e. The van der Waals surface area contributed by atoms with E-state index in [1.165, 1.54) is 4.31 Å². The van der Waals surface area contributed by atoms with Crippen LogP contribution < -0.4 is 10.6 Å². The van der Waals surface area contributed by atoms with Crippen LogP contribution in [0.1, 0.15) is 19.3 Å². The number of sulfonamides is 1. The van der Waals surface area contributed by atoms with Crippen molar-refractivity contribution in [3.63, 3.8) is 0 Å². The van der Waals surface area contributed by atoms with Gasteiger partial charge in [0.05, 0.1) is 11.2 Å². The van der Waals surface area contributed by atoms with Gasteiger partial charge < -0.3 is 10.6 Å². The van der Waals surface area contributed by atoms with Gasteiger partial charge in [0.2, 0.25) is 15.9 Å². The molecule has 2 heterocycles. The van der Waals surface area contributed by atoms with E-state index in [4.69, 9.17) is 0 Å². The van der Waals surface area contributed by atoms with Crippen LogP contribution in [0.25, 0.3) is 0 Å². The highest BCUT2D eigenvalue weighted by Gasteiger charge is 2.37. The molecule has 2 unspecified atom stereocenters. The highest BCUT2D eigenvalue weighted by Crippen LogP contribution is 2.23. The van der Waals surface area contributed by atoms with E-state index >= 15 is 0 Å². The van der Waals surface area contributed by atoms with Crippen LogP contribution in [-0.2, 0) is 14.8 Å². The van der Waals surface area contributed by atoms with Crippen LogP contribution in [0.3, 0.4) is 0 Å². The van der Waals surface area contributed by atoms with Crippen LogP contribution in [0.4, 0.5) is 0 Å². The van der Waals surface area contributed by atoms with Gasteiger partial charge in [-0.05, 0) is 25.8 Å². The molecule has 7 heteroatoms. The molecular weight excluding hydrogens is 254 g/mol. The first-order valence-corrected chi connectivity index (χ1v) is 7.97. The second-order valence-corrected chi connectivity index (χ2v) is 7.18. The lowest BCUT2D eigenvalue weighted by Gasteiger charge is -2.32. The zero-order chi connectivity index (χ0) is 13.2. The topological polar surface area (TPSA) is 78.5 Å². The first-order chi connectivity index (χ1) is 8.55. The zero-order valence-electron chi connectivity index (χ0n) is 10.7. The molecule has 0 saturated carbocycles. The van der Waals surface area contributed by atoms with Crippen LogP contribution in [0.2, 0.25) is 0 Å². The maximum absolute atomic E-state index is 12.4. The van der Waals surface area contributed by atoms with Gasteiger partial charge in [0, 0.05) is 26.7 Å². The van der Waals surface area contributed by atoms with E-state index in [1.807, 2.05) is 0 Å². The van der Waals surface area contributed by atoms with Crippen molar-refractivity contribution in [1.29, 1.82) is 0 Å². The molecule has 1 amide bonds. The Bertz CT molecular complexity index is 404. The second kappa shape index (κ2) is 5.54. The van der Waals surface area contributed by atoms with E-state index in [1.54, 1.807) is 7.05 Å². The van der Waals surface area contributed by atoms with Crippen molar-refractivity contribution in [3.05, 3.63) is 0 Å². The summed E-state index contributed by atoms with van der Waals surface area (Å²) in [7, 11) is -1.65. The Kier molecular flexibility index (Phi) is 4.24. The monoisotopic (exact) mass is 275 g/mol. The number of nitrogens with zero attached hydrogens (tertiary/aromatic N) is 1. The minimum Gasteiger partial charge on any atom is -0.359 e. The molecule has 104 valence electrons. The Morgan fingerprint density at radius 2 is 2.17 bits per heavy atom. The summed E-state index contributed by atoms with van der Waals surface area (Å²) in [5.74, 6) is -0.257. The maximum atomic E-state index is 12.4. The van der Waals surface area contributed by atoms with Crippen molar-refractivity contribution in [1.82, 2.24) is 14.9 Å². The number of hydrogen-bond acceptors (Lipinski definition) is 4. The van der Waals surface area contributed by atoms with Crippen molar-refractivity contribution in [3.8, 4) is 0 Å². The first kappa shape index (κ1) is 13.8. The molecule has 2 aliphatic rings. The fourth-order valence-electron chi connectivity index (χ4n) is 2.68. The highest BCUT2D eigenvalue weighted by atomic mass is 32.2. The number of piperidine rings is 1. The Morgan fingerprint density at radius 3 is 2.78 bits per heavy atom. The molecule has 2 atom stereocenters. The normalized spacial score (nSPS) is 30.3. The first-order valence-electron chi connectivity index (χ1n) is 6.47. The summed E-state index contributed by atoms with van der Waals surface area (Å²) in [4.78, 5) is 11.6. The molecule has 0 bridgehead atoms. The van der Waals surface area contributed by atoms with E-state index in [-0.39, 0.29) is 17.1 Å². The summed E-state index contributed by atoms with van der Waals surface area (Å²) in [5, 5.41) is 5.36. The molecule has 0 aliphatic carbocycles. The average molecular weight is 275 g/mol. The standard InChI is InChI=1S/C11H21N3O3S/c1-12-11(15)9-3-2-6-14(8-9)18(16,17)10-4-5-13-7-10/h9-10,13H,2-8H2,1H3,(H,12,15). The molecule has 0 aromatic heterocycles. The lowest BCUT2D eigenvalue weighted by molar-refractivity contribution is -0.125.